The summed E-state index contributed by atoms with van der Waals surface area (Å²) in [7, 11) is 0. The van der Waals surface area contributed by atoms with Gasteiger partial charge in [0.1, 0.15) is 6.04 Å². The van der Waals surface area contributed by atoms with E-state index in [1.54, 1.807) is 13.1 Å². The van der Waals surface area contributed by atoms with Crippen molar-refractivity contribution in [3.63, 3.8) is 0 Å². The van der Waals surface area contributed by atoms with Crippen LogP contribution in [-0.4, -0.2) is 38.6 Å². The molecule has 0 fully saturated rings. The molecule has 6 heteroatoms. The summed E-state index contributed by atoms with van der Waals surface area (Å²) in [4.78, 5) is 10.9. The third-order valence-electron chi connectivity index (χ3n) is 3.40. The largest absolute Gasteiger partial charge is 0.480 e. The van der Waals surface area contributed by atoms with Gasteiger partial charge < -0.3 is 10.2 Å². The predicted octanol–water partition coefficient (Wildman–Crippen LogP) is 0.315. The fourth-order valence-electron chi connectivity index (χ4n) is 2.45. The number of rotatable bonds is 5. The molecule has 0 spiro atoms. The molecule has 1 aliphatic carbocycles. The van der Waals surface area contributed by atoms with E-state index >= 15 is 0 Å². The maximum absolute atomic E-state index is 10.9. The second-order valence-electron chi connectivity index (χ2n) is 4.66. The molecular formula is C12H19N3O3. The molecule has 2 atom stereocenters. The Morgan fingerprint density at radius 1 is 1.72 bits per heavy atom. The number of aromatic nitrogens is 2. The Bertz CT molecular complexity index is 430. The van der Waals surface area contributed by atoms with Crippen LogP contribution in [0.5, 0.6) is 0 Å². The molecule has 18 heavy (non-hydrogen) atoms. The number of aliphatic hydroxyl groups excluding tert-OH is 1. The third-order valence-corrected chi connectivity index (χ3v) is 3.40. The second-order valence-corrected chi connectivity index (χ2v) is 4.66. The summed E-state index contributed by atoms with van der Waals surface area (Å²) in [5.41, 5.74) is 2.19. The molecule has 3 N–H and O–H groups in total. The second kappa shape index (κ2) is 5.49. The summed E-state index contributed by atoms with van der Waals surface area (Å²) >= 11 is 0. The van der Waals surface area contributed by atoms with Crippen LogP contribution in [0.3, 0.4) is 0 Å². The van der Waals surface area contributed by atoms with Gasteiger partial charge in [0.2, 0.25) is 0 Å². The number of aliphatic carboxylic acids is 1. The average Bonchev–Trinajstić information content (AvgIpc) is 2.74. The van der Waals surface area contributed by atoms with Gasteiger partial charge in [-0.25, -0.2) is 0 Å². The number of aliphatic hydroxyl groups is 1. The topological polar surface area (TPSA) is 87.4 Å². The summed E-state index contributed by atoms with van der Waals surface area (Å²) in [6.07, 6.45) is 4.66. The van der Waals surface area contributed by atoms with Gasteiger partial charge in [-0.2, -0.15) is 5.10 Å². The van der Waals surface area contributed by atoms with Gasteiger partial charge in [-0.05, 0) is 26.2 Å². The zero-order chi connectivity index (χ0) is 13.1. The molecule has 1 aromatic heterocycles. The fourth-order valence-corrected chi connectivity index (χ4v) is 2.45. The summed E-state index contributed by atoms with van der Waals surface area (Å²) < 4.78 is 1.81. The normalized spacial score (nSPS) is 20.4. The molecule has 0 aliphatic heterocycles. The van der Waals surface area contributed by atoms with E-state index < -0.39 is 12.0 Å². The summed E-state index contributed by atoms with van der Waals surface area (Å²) in [5.74, 6) is -0.843. The molecule has 0 aromatic carbocycles. The van der Waals surface area contributed by atoms with E-state index in [-0.39, 0.29) is 12.6 Å². The van der Waals surface area contributed by atoms with Crippen LogP contribution in [0.2, 0.25) is 0 Å². The van der Waals surface area contributed by atoms with Crippen LogP contribution in [0, 0.1) is 0 Å². The fraction of sp³-hybridized carbons (Fsp3) is 0.667. The molecule has 100 valence electrons. The minimum atomic E-state index is -0.843. The maximum atomic E-state index is 10.9. The molecule has 6 nitrogen and oxygen atoms in total. The zero-order valence-electron chi connectivity index (χ0n) is 10.5. The number of hydrogen-bond donors (Lipinski definition) is 3. The first-order valence-corrected chi connectivity index (χ1v) is 6.27. The molecule has 1 aromatic rings. The number of hydrogen-bond acceptors (Lipinski definition) is 4. The summed E-state index contributed by atoms with van der Waals surface area (Å²) in [6, 6.07) is -0.519. The number of fused-ring (bicyclic) bond motifs is 1. The minimum Gasteiger partial charge on any atom is -0.480 e. The first kappa shape index (κ1) is 13.0. The van der Waals surface area contributed by atoms with E-state index in [9.17, 15) is 4.79 Å². The lowest BCUT2D eigenvalue weighted by molar-refractivity contribution is -0.139. The SMILES string of the molecule is CC(NC1CCCc2c1cnn2CCO)C(=O)O. The molecule has 1 heterocycles. The maximum Gasteiger partial charge on any atom is 0.320 e. The number of nitrogens with zero attached hydrogens (tertiary/aromatic N) is 2. The van der Waals surface area contributed by atoms with Crippen molar-refractivity contribution in [2.24, 2.45) is 0 Å². The van der Waals surface area contributed by atoms with Crippen LogP contribution >= 0.6 is 0 Å². The molecular weight excluding hydrogens is 234 g/mol. The lowest BCUT2D eigenvalue weighted by Gasteiger charge is -2.26. The highest BCUT2D eigenvalue weighted by Gasteiger charge is 2.26. The van der Waals surface area contributed by atoms with Gasteiger partial charge in [0.05, 0.1) is 19.3 Å². The molecule has 1 aliphatic rings. The third kappa shape index (κ3) is 2.54. The molecule has 0 saturated heterocycles. The van der Waals surface area contributed by atoms with Crippen LogP contribution in [0.1, 0.15) is 37.1 Å². The van der Waals surface area contributed by atoms with Gasteiger partial charge in [0.25, 0.3) is 0 Å². The Morgan fingerprint density at radius 3 is 3.17 bits per heavy atom. The van der Waals surface area contributed by atoms with Crippen LogP contribution in [0.25, 0.3) is 0 Å². The molecule has 0 radical (unpaired) electrons. The van der Waals surface area contributed by atoms with Crippen LogP contribution in [-0.2, 0) is 17.8 Å². The first-order valence-electron chi connectivity index (χ1n) is 6.27. The van der Waals surface area contributed by atoms with Crippen LogP contribution < -0.4 is 5.32 Å². The van der Waals surface area contributed by atoms with Gasteiger partial charge in [-0.15, -0.1) is 0 Å². The van der Waals surface area contributed by atoms with Crippen molar-refractivity contribution in [2.45, 2.75) is 44.8 Å². The minimum absolute atomic E-state index is 0.0484. The molecule has 2 unspecified atom stereocenters. The number of carboxylic acid groups (broad SMARTS) is 1. The van der Waals surface area contributed by atoms with Gasteiger partial charge in [0.15, 0.2) is 0 Å². The lowest BCUT2D eigenvalue weighted by Crippen LogP contribution is -2.38. The molecule has 0 saturated carbocycles. The Kier molecular flexibility index (Phi) is 3.98. The Morgan fingerprint density at radius 2 is 2.50 bits per heavy atom. The molecule has 0 amide bonds. The Balaban J connectivity index is 2.15. The van der Waals surface area contributed by atoms with Crippen molar-refractivity contribution in [3.05, 3.63) is 17.5 Å². The highest BCUT2D eigenvalue weighted by atomic mass is 16.4. The quantitative estimate of drug-likeness (QED) is 0.703. The van der Waals surface area contributed by atoms with E-state index in [1.807, 2.05) is 4.68 Å². The first-order chi connectivity index (χ1) is 8.63. The Hall–Kier alpha value is -1.40. The number of carbonyl (C=O) groups is 1. The van der Waals surface area contributed by atoms with Crippen molar-refractivity contribution in [1.29, 1.82) is 0 Å². The molecule has 2 rings (SSSR count). The van der Waals surface area contributed by atoms with Gasteiger partial charge in [-0.3, -0.25) is 14.8 Å². The summed E-state index contributed by atoms with van der Waals surface area (Å²) in [5, 5.41) is 25.3. The highest BCUT2D eigenvalue weighted by molar-refractivity contribution is 5.72. The van der Waals surface area contributed by atoms with E-state index in [1.165, 1.54) is 0 Å². The average molecular weight is 253 g/mol. The van der Waals surface area contributed by atoms with E-state index in [2.05, 4.69) is 10.4 Å². The van der Waals surface area contributed by atoms with E-state index in [0.29, 0.717) is 6.54 Å². The van der Waals surface area contributed by atoms with E-state index in [4.69, 9.17) is 10.2 Å². The number of carboxylic acids is 1. The van der Waals surface area contributed by atoms with E-state index in [0.717, 1.165) is 30.5 Å². The predicted molar refractivity (Wildman–Crippen MR) is 65.2 cm³/mol. The van der Waals surface area contributed by atoms with Gasteiger partial charge >= 0.3 is 5.97 Å². The Labute approximate surface area is 106 Å². The van der Waals surface area contributed by atoms with Gasteiger partial charge in [0, 0.05) is 17.3 Å². The van der Waals surface area contributed by atoms with Gasteiger partial charge in [-0.1, -0.05) is 0 Å². The van der Waals surface area contributed by atoms with Crippen molar-refractivity contribution < 1.29 is 15.0 Å². The molecule has 0 bridgehead atoms. The monoisotopic (exact) mass is 253 g/mol. The van der Waals surface area contributed by atoms with Crippen molar-refractivity contribution in [2.75, 3.05) is 6.61 Å². The van der Waals surface area contributed by atoms with Crippen molar-refractivity contribution >= 4 is 5.97 Å². The van der Waals surface area contributed by atoms with Crippen molar-refractivity contribution in [3.8, 4) is 0 Å². The highest BCUT2D eigenvalue weighted by Crippen LogP contribution is 2.29. The smallest absolute Gasteiger partial charge is 0.320 e. The lowest BCUT2D eigenvalue weighted by atomic mass is 9.92. The number of nitrogens with one attached hydrogen (secondary N) is 1. The van der Waals surface area contributed by atoms with Crippen LogP contribution in [0.4, 0.5) is 0 Å². The standard InChI is InChI=1S/C12H19N3O3/c1-8(12(17)18)14-10-3-2-4-11-9(10)7-13-15(11)5-6-16/h7-8,10,14,16H,2-6H2,1H3,(H,17,18). The van der Waals surface area contributed by atoms with Crippen molar-refractivity contribution in [1.82, 2.24) is 15.1 Å². The summed E-state index contributed by atoms with van der Waals surface area (Å²) in [6.45, 7) is 2.21. The zero-order valence-corrected chi connectivity index (χ0v) is 10.5. The van der Waals surface area contributed by atoms with Crippen LogP contribution in [0.15, 0.2) is 6.20 Å².